The molecule has 156 valence electrons. The SMILES string of the molecule is Cn1ccc2c1C(=NO)CCN(CCCN1CCN(c3ccc(F)cc3)CC1)C2. The number of hydrogen-bond donors (Lipinski definition) is 1. The molecule has 2 aliphatic rings. The van der Waals surface area contributed by atoms with Gasteiger partial charge in [0.1, 0.15) is 11.5 Å². The highest BCUT2D eigenvalue weighted by atomic mass is 19.1. The highest BCUT2D eigenvalue weighted by molar-refractivity contribution is 6.00. The van der Waals surface area contributed by atoms with Crippen LogP contribution in [0.3, 0.4) is 0 Å². The van der Waals surface area contributed by atoms with Gasteiger partial charge in [0, 0.05) is 64.6 Å². The van der Waals surface area contributed by atoms with Crippen molar-refractivity contribution in [2.24, 2.45) is 12.2 Å². The number of oxime groups is 1. The van der Waals surface area contributed by atoms with E-state index in [1.807, 2.05) is 25.4 Å². The third-order valence-corrected chi connectivity index (χ3v) is 6.12. The maximum atomic E-state index is 13.1. The van der Waals surface area contributed by atoms with Crippen molar-refractivity contribution in [1.29, 1.82) is 0 Å². The third kappa shape index (κ3) is 4.62. The number of benzene rings is 1. The lowest BCUT2D eigenvalue weighted by molar-refractivity contribution is 0.218. The molecule has 0 unspecified atom stereocenters. The van der Waals surface area contributed by atoms with Crippen LogP contribution in [0.4, 0.5) is 10.1 Å². The molecule has 0 atom stereocenters. The summed E-state index contributed by atoms with van der Waals surface area (Å²) < 4.78 is 15.2. The molecule has 1 fully saturated rings. The fourth-order valence-electron chi connectivity index (χ4n) is 4.49. The van der Waals surface area contributed by atoms with E-state index in [2.05, 4.69) is 30.5 Å². The zero-order valence-corrected chi connectivity index (χ0v) is 17.1. The summed E-state index contributed by atoms with van der Waals surface area (Å²) >= 11 is 0. The first kappa shape index (κ1) is 19.9. The van der Waals surface area contributed by atoms with Crippen molar-refractivity contribution in [3.05, 3.63) is 53.6 Å². The molecule has 1 aromatic heterocycles. The molecule has 2 aliphatic heterocycles. The first-order valence-electron chi connectivity index (χ1n) is 10.4. The summed E-state index contributed by atoms with van der Waals surface area (Å²) in [5.74, 6) is -0.180. The normalized spacial score (nSPS) is 20.1. The Balaban J connectivity index is 1.23. The smallest absolute Gasteiger partial charge is 0.123 e. The Hall–Kier alpha value is -2.38. The number of aryl methyl sites for hydroxylation is 1. The fraction of sp³-hybridized carbons (Fsp3) is 0.500. The summed E-state index contributed by atoms with van der Waals surface area (Å²) in [6.07, 6.45) is 3.95. The molecule has 29 heavy (non-hydrogen) atoms. The standard InChI is InChI=1S/C22H30FN5O/c1-25-11-7-18-17-27(12-8-21(24-29)22(18)25)10-2-9-26-13-15-28(16-14-26)20-5-3-19(23)4-6-20/h3-7,11,29H,2,8-10,12-17H2,1H3. The van der Waals surface area contributed by atoms with Crippen LogP contribution >= 0.6 is 0 Å². The molecule has 3 heterocycles. The molecule has 4 rings (SSSR count). The van der Waals surface area contributed by atoms with Crippen molar-refractivity contribution in [2.75, 3.05) is 50.7 Å². The number of aromatic nitrogens is 1. The van der Waals surface area contributed by atoms with Gasteiger partial charge in [-0.3, -0.25) is 9.80 Å². The van der Waals surface area contributed by atoms with Crippen molar-refractivity contribution in [3.63, 3.8) is 0 Å². The lowest BCUT2D eigenvalue weighted by atomic mass is 10.1. The average Bonchev–Trinajstić information content (AvgIpc) is 2.99. The van der Waals surface area contributed by atoms with Gasteiger partial charge in [0.15, 0.2) is 0 Å². The number of hydrogen-bond acceptors (Lipinski definition) is 5. The van der Waals surface area contributed by atoms with Crippen LogP contribution in [0.2, 0.25) is 0 Å². The maximum absolute atomic E-state index is 13.1. The summed E-state index contributed by atoms with van der Waals surface area (Å²) in [6.45, 7) is 8.03. The van der Waals surface area contributed by atoms with Crippen molar-refractivity contribution in [3.8, 4) is 0 Å². The number of anilines is 1. The summed E-state index contributed by atoms with van der Waals surface area (Å²) in [5.41, 5.74) is 4.19. The van der Waals surface area contributed by atoms with E-state index in [0.717, 1.165) is 82.3 Å². The quantitative estimate of drug-likeness (QED) is 0.620. The second-order valence-electron chi connectivity index (χ2n) is 8.03. The largest absolute Gasteiger partial charge is 0.411 e. The van der Waals surface area contributed by atoms with Gasteiger partial charge in [0.2, 0.25) is 0 Å². The minimum Gasteiger partial charge on any atom is -0.411 e. The van der Waals surface area contributed by atoms with Gasteiger partial charge >= 0.3 is 0 Å². The predicted octanol–water partition coefficient (Wildman–Crippen LogP) is 2.76. The second kappa shape index (κ2) is 8.97. The van der Waals surface area contributed by atoms with Crippen molar-refractivity contribution in [1.82, 2.24) is 14.4 Å². The van der Waals surface area contributed by atoms with Crippen LogP contribution in [0, 0.1) is 5.82 Å². The summed E-state index contributed by atoms with van der Waals surface area (Å²) in [4.78, 5) is 7.32. The van der Waals surface area contributed by atoms with E-state index in [9.17, 15) is 9.60 Å². The van der Waals surface area contributed by atoms with Crippen molar-refractivity contribution >= 4 is 11.4 Å². The average molecular weight is 400 g/mol. The van der Waals surface area contributed by atoms with Gasteiger partial charge in [0.25, 0.3) is 0 Å². The summed E-state index contributed by atoms with van der Waals surface area (Å²) in [7, 11) is 2.01. The minimum atomic E-state index is -0.180. The Bertz CT molecular complexity index is 839. The topological polar surface area (TPSA) is 47.2 Å². The molecular weight excluding hydrogens is 369 g/mol. The number of piperazine rings is 1. The van der Waals surface area contributed by atoms with Crippen LogP contribution < -0.4 is 4.90 Å². The van der Waals surface area contributed by atoms with Crippen LogP contribution in [-0.4, -0.2) is 71.1 Å². The van der Waals surface area contributed by atoms with E-state index in [4.69, 9.17) is 0 Å². The lowest BCUT2D eigenvalue weighted by Crippen LogP contribution is -2.47. The van der Waals surface area contributed by atoms with Gasteiger partial charge in [-0.1, -0.05) is 5.16 Å². The van der Waals surface area contributed by atoms with E-state index < -0.39 is 0 Å². The molecule has 0 radical (unpaired) electrons. The molecule has 0 aliphatic carbocycles. The van der Waals surface area contributed by atoms with E-state index in [1.54, 1.807) is 0 Å². The number of halogens is 1. The van der Waals surface area contributed by atoms with Crippen LogP contribution in [0.1, 0.15) is 24.1 Å². The zero-order chi connectivity index (χ0) is 20.2. The Labute approximate surface area is 171 Å². The number of nitrogens with zero attached hydrogens (tertiary/aromatic N) is 5. The van der Waals surface area contributed by atoms with Crippen molar-refractivity contribution in [2.45, 2.75) is 19.4 Å². The second-order valence-corrected chi connectivity index (χ2v) is 8.03. The van der Waals surface area contributed by atoms with Crippen LogP contribution in [-0.2, 0) is 13.6 Å². The number of rotatable bonds is 5. The molecule has 0 spiro atoms. The monoisotopic (exact) mass is 399 g/mol. The van der Waals surface area contributed by atoms with E-state index in [1.165, 1.54) is 17.7 Å². The molecule has 0 saturated carbocycles. The van der Waals surface area contributed by atoms with Crippen LogP contribution in [0.5, 0.6) is 0 Å². The highest BCUT2D eigenvalue weighted by Gasteiger charge is 2.22. The van der Waals surface area contributed by atoms with Gasteiger partial charge in [-0.25, -0.2) is 4.39 Å². The van der Waals surface area contributed by atoms with Gasteiger partial charge < -0.3 is 14.7 Å². The van der Waals surface area contributed by atoms with Crippen LogP contribution in [0.25, 0.3) is 0 Å². The third-order valence-electron chi connectivity index (χ3n) is 6.12. The Kier molecular flexibility index (Phi) is 6.16. The molecule has 0 amide bonds. The Morgan fingerprint density at radius 1 is 0.966 bits per heavy atom. The van der Waals surface area contributed by atoms with Gasteiger partial charge in [-0.05, 0) is 55.4 Å². The summed E-state index contributed by atoms with van der Waals surface area (Å²) in [5, 5.41) is 12.9. The molecule has 6 nitrogen and oxygen atoms in total. The fourth-order valence-corrected chi connectivity index (χ4v) is 4.49. The summed E-state index contributed by atoms with van der Waals surface area (Å²) in [6, 6.07) is 8.94. The Morgan fingerprint density at radius 2 is 1.69 bits per heavy atom. The van der Waals surface area contributed by atoms with Gasteiger partial charge in [-0.2, -0.15) is 0 Å². The molecular formula is C22H30FN5O. The van der Waals surface area contributed by atoms with Gasteiger partial charge in [-0.15, -0.1) is 0 Å². The van der Waals surface area contributed by atoms with Crippen LogP contribution in [0.15, 0.2) is 41.7 Å². The molecule has 1 saturated heterocycles. The molecule has 2 aromatic rings. The van der Waals surface area contributed by atoms with E-state index >= 15 is 0 Å². The zero-order valence-electron chi connectivity index (χ0n) is 17.1. The maximum Gasteiger partial charge on any atom is 0.123 e. The minimum absolute atomic E-state index is 0.180. The van der Waals surface area contributed by atoms with Crippen molar-refractivity contribution < 1.29 is 9.60 Å². The first-order chi connectivity index (χ1) is 14.1. The predicted molar refractivity (Wildman–Crippen MR) is 113 cm³/mol. The van der Waals surface area contributed by atoms with Gasteiger partial charge in [0.05, 0.1) is 5.69 Å². The van der Waals surface area contributed by atoms with E-state index in [-0.39, 0.29) is 5.82 Å². The lowest BCUT2D eigenvalue weighted by Gasteiger charge is -2.36. The molecule has 1 N–H and O–H groups in total. The molecule has 7 heteroatoms. The number of fused-ring (bicyclic) bond motifs is 1. The Morgan fingerprint density at radius 3 is 2.41 bits per heavy atom. The first-order valence-corrected chi connectivity index (χ1v) is 10.4. The highest BCUT2D eigenvalue weighted by Crippen LogP contribution is 2.21. The molecule has 0 bridgehead atoms. The van der Waals surface area contributed by atoms with E-state index in [0.29, 0.717) is 0 Å². The molecule has 1 aromatic carbocycles.